The fourth-order valence-electron chi connectivity index (χ4n) is 2.47. The van der Waals surface area contributed by atoms with Crippen LogP contribution in [0, 0.1) is 0 Å². The average molecular weight is 554 g/mol. The van der Waals surface area contributed by atoms with Crippen LogP contribution in [0.3, 0.4) is 0 Å². The zero-order chi connectivity index (χ0) is 27.1. The molecule has 1 aliphatic rings. The lowest BCUT2D eigenvalue weighted by Crippen LogP contribution is -2.40. The summed E-state index contributed by atoms with van der Waals surface area (Å²) in [5.41, 5.74) is -1.65. The number of ether oxygens (including phenoxy) is 1. The van der Waals surface area contributed by atoms with Crippen LogP contribution < -0.4 is 11.2 Å². The van der Waals surface area contributed by atoms with Crippen molar-refractivity contribution in [2.75, 3.05) is 13.2 Å². The van der Waals surface area contributed by atoms with E-state index in [9.17, 15) is 33.7 Å². The summed E-state index contributed by atoms with van der Waals surface area (Å²) in [6, 6.07) is 0.962. The van der Waals surface area contributed by atoms with Crippen LogP contribution in [-0.2, 0) is 27.5 Å². The number of phosphoric acid groups is 2. The molecule has 0 aromatic carbocycles. The minimum absolute atomic E-state index is 0.0869. The van der Waals surface area contributed by atoms with E-state index in [-0.39, 0.29) is 6.29 Å². The summed E-state index contributed by atoms with van der Waals surface area (Å²) in [6.07, 6.45) is -9.88. The predicted molar refractivity (Wildman–Crippen MR) is 107 cm³/mol. The van der Waals surface area contributed by atoms with Crippen molar-refractivity contribution in [2.24, 2.45) is 0 Å². The molecule has 0 saturated carbocycles. The number of aromatic amines is 1. The number of hydrogen-bond donors (Lipinski definition) is 10. The standard InChI is InChI=1S/C9H14N2O12P2.C5H10O5/c12-5-1-2-11(9(15)10-5)8-7(14)6(13)4(22-8)3-21-25(19,20)23-24(16,17)18;6-1-3(8)5(10)4(9)2-7/h1-2,4,6-8,13-14H,3H2,(H,19,20)(H,10,12,15)(H2,16,17,18);1,3-5,7-10H,2H2/t4-,6-,7-,8-;3-,4+,5+/m10/s1. The molecule has 0 bridgehead atoms. The molecule has 8 atom stereocenters. The number of carbonyl (C=O) groups is 1. The maximum absolute atomic E-state index is 11.7. The average Bonchev–Trinajstić information content (AvgIpc) is 3.03. The normalized spacial score (nSPS) is 26.7. The minimum Gasteiger partial charge on any atom is -0.394 e. The number of aliphatic hydroxyl groups excluding tert-OH is 6. The zero-order valence-corrected chi connectivity index (χ0v) is 19.1. The van der Waals surface area contributed by atoms with Gasteiger partial charge in [0, 0.05) is 12.3 Å². The molecule has 21 heteroatoms. The number of rotatable bonds is 10. The van der Waals surface area contributed by atoms with Gasteiger partial charge in [0.1, 0.15) is 36.6 Å². The largest absolute Gasteiger partial charge is 0.481 e. The van der Waals surface area contributed by atoms with Crippen molar-refractivity contribution in [3.05, 3.63) is 33.1 Å². The molecule has 0 aliphatic carbocycles. The first-order valence-corrected chi connectivity index (χ1v) is 12.2. The van der Waals surface area contributed by atoms with Crippen LogP contribution in [-0.4, -0.2) is 111 Å². The Balaban J connectivity index is 0.000000518. The Labute approximate surface area is 194 Å². The van der Waals surface area contributed by atoms with E-state index in [4.69, 9.17) is 39.8 Å². The summed E-state index contributed by atoms with van der Waals surface area (Å²) >= 11 is 0. The van der Waals surface area contributed by atoms with E-state index in [1.165, 1.54) is 0 Å². The zero-order valence-electron chi connectivity index (χ0n) is 17.3. The maximum Gasteiger partial charge on any atom is 0.481 e. The number of aldehydes is 1. The molecular formula is C14H24N2O17P2. The summed E-state index contributed by atoms with van der Waals surface area (Å²) < 4.78 is 35.6. The Bertz CT molecular complexity index is 1040. The van der Waals surface area contributed by atoms with Crippen LogP contribution in [0.4, 0.5) is 0 Å². The fourth-order valence-corrected chi connectivity index (χ4v) is 4.07. The first-order chi connectivity index (χ1) is 16.0. The van der Waals surface area contributed by atoms with Gasteiger partial charge >= 0.3 is 21.3 Å². The summed E-state index contributed by atoms with van der Waals surface area (Å²) in [5, 5.41) is 53.8. The molecule has 0 radical (unpaired) electrons. The molecular weight excluding hydrogens is 530 g/mol. The second-order valence-electron chi connectivity index (χ2n) is 6.77. The maximum atomic E-state index is 11.7. The first-order valence-electron chi connectivity index (χ1n) is 9.20. The SMILES string of the molecule is O=C[C@H](O)[C@@H](O)[C@H](O)CO.O=c1ccn([C@@H]2O[C@H](COP(=O)(O)OP(=O)(O)O)[C@@H](O)[C@H]2O)c(=O)[nH]1. The number of H-pyrrole nitrogens is 1. The summed E-state index contributed by atoms with van der Waals surface area (Å²) in [6.45, 7) is -1.59. The molecule has 0 amide bonds. The molecule has 2 rings (SSSR count). The van der Waals surface area contributed by atoms with Crippen LogP contribution in [0.1, 0.15) is 6.23 Å². The van der Waals surface area contributed by atoms with Crippen molar-refractivity contribution in [3.63, 3.8) is 0 Å². The van der Waals surface area contributed by atoms with Gasteiger partial charge in [-0.3, -0.25) is 18.9 Å². The summed E-state index contributed by atoms with van der Waals surface area (Å²) in [5.74, 6) is 0. The Kier molecular flexibility index (Phi) is 11.7. The lowest BCUT2D eigenvalue weighted by Gasteiger charge is -2.17. The number of phosphoric ester groups is 1. The van der Waals surface area contributed by atoms with Crippen LogP contribution in [0.25, 0.3) is 0 Å². The Hall–Kier alpha value is -1.67. The van der Waals surface area contributed by atoms with E-state index in [0.717, 1.165) is 16.8 Å². The van der Waals surface area contributed by atoms with Crippen LogP contribution >= 0.6 is 15.6 Å². The van der Waals surface area contributed by atoms with Crippen LogP contribution in [0.2, 0.25) is 0 Å². The highest BCUT2D eigenvalue weighted by Gasteiger charge is 2.45. The highest BCUT2D eigenvalue weighted by molar-refractivity contribution is 7.60. The first kappa shape index (κ1) is 31.4. The number of carbonyl (C=O) groups excluding carboxylic acids is 1. The van der Waals surface area contributed by atoms with E-state index < -0.39 is 83.0 Å². The molecule has 0 spiro atoms. The van der Waals surface area contributed by atoms with Gasteiger partial charge < -0.3 is 54.9 Å². The van der Waals surface area contributed by atoms with E-state index in [2.05, 4.69) is 8.83 Å². The van der Waals surface area contributed by atoms with Gasteiger partial charge in [0.2, 0.25) is 0 Å². The molecule has 1 fully saturated rings. The van der Waals surface area contributed by atoms with Gasteiger partial charge in [0.25, 0.3) is 5.56 Å². The number of nitrogens with one attached hydrogen (secondary N) is 1. The molecule has 10 N–H and O–H groups in total. The molecule has 35 heavy (non-hydrogen) atoms. The Morgan fingerprint density at radius 3 is 2.23 bits per heavy atom. The van der Waals surface area contributed by atoms with Gasteiger partial charge in [-0.2, -0.15) is 4.31 Å². The number of hydrogen-bond acceptors (Lipinski definition) is 14. The lowest BCUT2D eigenvalue weighted by atomic mass is 10.1. The van der Waals surface area contributed by atoms with E-state index >= 15 is 0 Å². The van der Waals surface area contributed by atoms with Gasteiger partial charge in [-0.1, -0.05) is 0 Å². The number of aliphatic hydroxyl groups is 6. The molecule has 202 valence electrons. The third kappa shape index (κ3) is 9.71. The van der Waals surface area contributed by atoms with Crippen LogP contribution in [0.15, 0.2) is 21.9 Å². The molecule has 1 saturated heterocycles. The number of nitrogens with zero attached hydrogens (tertiary/aromatic N) is 1. The molecule has 1 aromatic heterocycles. The number of aromatic nitrogens is 2. The second-order valence-corrected chi connectivity index (χ2v) is 9.60. The van der Waals surface area contributed by atoms with Gasteiger partial charge in [0.15, 0.2) is 12.5 Å². The van der Waals surface area contributed by atoms with E-state index in [0.29, 0.717) is 0 Å². The van der Waals surface area contributed by atoms with Crippen molar-refractivity contribution in [1.29, 1.82) is 0 Å². The summed E-state index contributed by atoms with van der Waals surface area (Å²) in [4.78, 5) is 60.4. The van der Waals surface area contributed by atoms with Gasteiger partial charge in [-0.15, -0.1) is 0 Å². The highest BCUT2D eigenvalue weighted by atomic mass is 31.3. The van der Waals surface area contributed by atoms with E-state index in [1.807, 2.05) is 4.98 Å². The van der Waals surface area contributed by atoms with E-state index in [1.54, 1.807) is 0 Å². The van der Waals surface area contributed by atoms with Crippen molar-refractivity contribution in [3.8, 4) is 0 Å². The Morgan fingerprint density at radius 1 is 1.14 bits per heavy atom. The molecule has 1 aromatic rings. The third-order valence-electron chi connectivity index (χ3n) is 4.14. The Morgan fingerprint density at radius 2 is 1.74 bits per heavy atom. The quantitative estimate of drug-likeness (QED) is 0.0953. The van der Waals surface area contributed by atoms with Crippen molar-refractivity contribution in [1.82, 2.24) is 9.55 Å². The van der Waals surface area contributed by atoms with Crippen LogP contribution in [0.5, 0.6) is 0 Å². The van der Waals surface area contributed by atoms with Gasteiger partial charge in [-0.25, -0.2) is 13.9 Å². The van der Waals surface area contributed by atoms with Crippen molar-refractivity contribution < 1.29 is 72.8 Å². The molecule has 19 nitrogen and oxygen atoms in total. The predicted octanol–water partition coefficient (Wildman–Crippen LogP) is -5.36. The molecule has 1 unspecified atom stereocenters. The van der Waals surface area contributed by atoms with Gasteiger partial charge in [-0.05, 0) is 0 Å². The third-order valence-corrected chi connectivity index (χ3v) is 6.30. The molecule has 1 aliphatic heterocycles. The minimum atomic E-state index is -5.32. The van der Waals surface area contributed by atoms with Gasteiger partial charge in [0.05, 0.1) is 13.2 Å². The summed E-state index contributed by atoms with van der Waals surface area (Å²) in [7, 11) is -10.5. The molecule has 2 heterocycles. The highest BCUT2D eigenvalue weighted by Crippen LogP contribution is 2.57. The fraction of sp³-hybridized carbons (Fsp3) is 0.643. The topological polar surface area (TPSA) is 316 Å². The van der Waals surface area contributed by atoms with Crippen molar-refractivity contribution >= 4 is 21.9 Å². The monoisotopic (exact) mass is 554 g/mol. The second kappa shape index (κ2) is 13.0. The van der Waals surface area contributed by atoms with Crippen molar-refractivity contribution in [2.45, 2.75) is 42.9 Å². The smallest absolute Gasteiger partial charge is 0.394 e. The lowest BCUT2D eigenvalue weighted by molar-refractivity contribution is -0.127.